The molecule has 0 heterocycles. The summed E-state index contributed by atoms with van der Waals surface area (Å²) in [5.41, 5.74) is 5.21. The van der Waals surface area contributed by atoms with Crippen LogP contribution in [0.15, 0.2) is 36.5 Å². The minimum atomic E-state index is -1.08. The van der Waals surface area contributed by atoms with Crippen molar-refractivity contribution in [2.45, 2.75) is 103 Å². The van der Waals surface area contributed by atoms with Gasteiger partial charge < -0.3 is 10.8 Å². The first-order valence-electron chi connectivity index (χ1n) is 11.1. The molecule has 0 aromatic rings. The van der Waals surface area contributed by atoms with Gasteiger partial charge in [0.2, 0.25) is 0 Å². The number of rotatable bonds is 19. The molecular formula is C24H43NO2. The highest BCUT2D eigenvalue weighted by molar-refractivity contribution is 5.93. The lowest BCUT2D eigenvalue weighted by Crippen LogP contribution is -2.27. The lowest BCUT2D eigenvalue weighted by Gasteiger charge is -2.02. The molecule has 0 saturated carbocycles. The minimum absolute atomic E-state index is 0.0358. The third-order valence-corrected chi connectivity index (χ3v) is 4.76. The maximum Gasteiger partial charge on any atom is 0.185 e. The second-order valence-electron chi connectivity index (χ2n) is 7.36. The van der Waals surface area contributed by atoms with Gasteiger partial charge in [-0.25, -0.2) is 0 Å². The van der Waals surface area contributed by atoms with Gasteiger partial charge in [0, 0.05) is 6.54 Å². The largest absolute Gasteiger partial charge is 0.384 e. The topological polar surface area (TPSA) is 63.3 Å². The molecule has 27 heavy (non-hydrogen) atoms. The van der Waals surface area contributed by atoms with Crippen LogP contribution < -0.4 is 5.73 Å². The molecule has 3 heteroatoms. The Balaban J connectivity index is 3.34. The Kier molecular flexibility index (Phi) is 20.2. The number of carbonyl (C=O) groups is 1. The van der Waals surface area contributed by atoms with E-state index >= 15 is 0 Å². The fourth-order valence-corrected chi connectivity index (χ4v) is 2.96. The van der Waals surface area contributed by atoms with Crippen molar-refractivity contribution in [3.63, 3.8) is 0 Å². The molecule has 3 N–H and O–H groups in total. The molecule has 0 saturated heterocycles. The van der Waals surface area contributed by atoms with E-state index in [-0.39, 0.29) is 12.3 Å². The van der Waals surface area contributed by atoms with Crippen LogP contribution in [-0.4, -0.2) is 23.5 Å². The van der Waals surface area contributed by atoms with E-state index in [4.69, 9.17) is 5.73 Å². The number of unbranched alkanes of at least 4 members (excludes halogenated alkanes) is 13. The molecule has 0 aliphatic heterocycles. The lowest BCUT2D eigenvalue weighted by atomic mass is 10.0. The Morgan fingerprint density at radius 3 is 1.78 bits per heavy atom. The van der Waals surface area contributed by atoms with E-state index < -0.39 is 6.10 Å². The maximum absolute atomic E-state index is 11.3. The van der Waals surface area contributed by atoms with Gasteiger partial charge >= 0.3 is 0 Å². The van der Waals surface area contributed by atoms with Crippen molar-refractivity contribution in [3.8, 4) is 0 Å². The smallest absolute Gasteiger partial charge is 0.185 e. The summed E-state index contributed by atoms with van der Waals surface area (Å²) in [6.45, 7) is 2.24. The molecule has 3 nitrogen and oxygen atoms in total. The van der Waals surface area contributed by atoms with Crippen molar-refractivity contribution >= 4 is 5.78 Å². The maximum atomic E-state index is 11.3. The van der Waals surface area contributed by atoms with Crippen molar-refractivity contribution < 1.29 is 9.90 Å². The summed E-state index contributed by atoms with van der Waals surface area (Å²) >= 11 is 0. The molecule has 0 aromatic heterocycles. The van der Waals surface area contributed by atoms with Gasteiger partial charge in [-0.15, -0.1) is 0 Å². The van der Waals surface area contributed by atoms with Crippen LogP contribution in [-0.2, 0) is 4.79 Å². The van der Waals surface area contributed by atoms with Crippen LogP contribution in [0.4, 0.5) is 0 Å². The molecule has 0 aliphatic carbocycles. The fraction of sp³-hybridized carbons (Fsp3) is 0.708. The standard InChI is InChI=1S/C24H43NO2/c1-2-3-4-5-6-7-8-9-10-11-12-13-14-15-16-17-18-19-20-21-23(26)24(27)22-25/h16-21,24,27H,2-15,22,25H2,1H3. The van der Waals surface area contributed by atoms with E-state index in [1.54, 1.807) is 12.2 Å². The Hall–Kier alpha value is -1.19. The Morgan fingerprint density at radius 2 is 1.26 bits per heavy atom. The molecular weight excluding hydrogens is 334 g/mol. The average molecular weight is 378 g/mol. The van der Waals surface area contributed by atoms with Crippen LogP contribution in [0.25, 0.3) is 0 Å². The van der Waals surface area contributed by atoms with E-state index in [0.29, 0.717) is 0 Å². The molecule has 156 valence electrons. The summed E-state index contributed by atoms with van der Waals surface area (Å²) in [5, 5.41) is 9.21. The fourth-order valence-electron chi connectivity index (χ4n) is 2.96. The summed E-state index contributed by atoms with van der Waals surface area (Å²) in [6.07, 6.45) is 28.9. The quantitative estimate of drug-likeness (QED) is 0.164. The van der Waals surface area contributed by atoms with Gasteiger partial charge in [0.15, 0.2) is 5.78 Å². The van der Waals surface area contributed by atoms with E-state index in [9.17, 15) is 9.90 Å². The van der Waals surface area contributed by atoms with Crippen molar-refractivity contribution in [1.82, 2.24) is 0 Å². The predicted molar refractivity (Wildman–Crippen MR) is 118 cm³/mol. The van der Waals surface area contributed by atoms with Gasteiger partial charge in [-0.3, -0.25) is 4.79 Å². The molecule has 0 spiro atoms. The second-order valence-corrected chi connectivity index (χ2v) is 7.36. The van der Waals surface area contributed by atoms with Crippen LogP contribution in [0.3, 0.4) is 0 Å². The summed E-state index contributed by atoms with van der Waals surface area (Å²) in [5.74, 6) is -0.349. The van der Waals surface area contributed by atoms with E-state index in [2.05, 4.69) is 13.0 Å². The van der Waals surface area contributed by atoms with Gasteiger partial charge in [0.25, 0.3) is 0 Å². The molecule has 0 rings (SSSR count). The first kappa shape index (κ1) is 25.8. The molecule has 0 fully saturated rings. The average Bonchev–Trinajstić information content (AvgIpc) is 2.68. The van der Waals surface area contributed by atoms with E-state index in [0.717, 1.165) is 6.42 Å². The Bertz CT molecular complexity index is 413. The van der Waals surface area contributed by atoms with Gasteiger partial charge in [-0.1, -0.05) is 114 Å². The third-order valence-electron chi connectivity index (χ3n) is 4.76. The van der Waals surface area contributed by atoms with Crippen LogP contribution in [0.5, 0.6) is 0 Å². The zero-order valence-corrected chi connectivity index (χ0v) is 17.6. The molecule has 0 aliphatic rings. The number of ketones is 1. The van der Waals surface area contributed by atoms with Crippen LogP contribution in [0.2, 0.25) is 0 Å². The number of aliphatic hydroxyl groups excluding tert-OH is 1. The van der Waals surface area contributed by atoms with Crippen molar-refractivity contribution in [2.24, 2.45) is 5.73 Å². The van der Waals surface area contributed by atoms with Crippen LogP contribution in [0.1, 0.15) is 96.8 Å². The SMILES string of the molecule is CCCCCCCCCCCCCCCC=CC=CC=CC(=O)C(O)CN. The monoisotopic (exact) mass is 377 g/mol. The summed E-state index contributed by atoms with van der Waals surface area (Å²) in [6, 6.07) is 0. The molecule has 0 aromatic carbocycles. The first-order valence-corrected chi connectivity index (χ1v) is 11.1. The number of nitrogens with two attached hydrogens (primary N) is 1. The van der Waals surface area contributed by atoms with Crippen LogP contribution >= 0.6 is 0 Å². The van der Waals surface area contributed by atoms with Crippen molar-refractivity contribution in [2.75, 3.05) is 6.54 Å². The summed E-state index contributed by atoms with van der Waals surface area (Å²) < 4.78 is 0. The van der Waals surface area contributed by atoms with Gasteiger partial charge in [0.1, 0.15) is 6.10 Å². The van der Waals surface area contributed by atoms with Crippen LogP contribution in [0, 0.1) is 0 Å². The summed E-state index contributed by atoms with van der Waals surface area (Å²) in [7, 11) is 0. The highest BCUT2D eigenvalue weighted by Crippen LogP contribution is 2.13. The number of hydrogen-bond acceptors (Lipinski definition) is 3. The zero-order valence-electron chi connectivity index (χ0n) is 17.6. The molecule has 1 unspecified atom stereocenters. The second kappa shape index (κ2) is 21.1. The van der Waals surface area contributed by atoms with E-state index in [1.165, 1.54) is 89.5 Å². The third kappa shape index (κ3) is 19.4. The molecule has 0 bridgehead atoms. The van der Waals surface area contributed by atoms with Crippen molar-refractivity contribution in [3.05, 3.63) is 36.5 Å². The summed E-state index contributed by atoms with van der Waals surface area (Å²) in [4.78, 5) is 11.3. The highest BCUT2D eigenvalue weighted by atomic mass is 16.3. The normalized spacial score (nSPS) is 13.3. The number of carbonyl (C=O) groups excluding carboxylic acids is 1. The Morgan fingerprint density at radius 1 is 0.778 bits per heavy atom. The zero-order chi connectivity index (χ0) is 20.0. The lowest BCUT2D eigenvalue weighted by molar-refractivity contribution is -0.121. The number of allylic oxidation sites excluding steroid dienone is 5. The van der Waals surface area contributed by atoms with Gasteiger partial charge in [-0.05, 0) is 18.9 Å². The highest BCUT2D eigenvalue weighted by Gasteiger charge is 2.07. The number of aliphatic hydroxyl groups is 1. The molecule has 1 atom stereocenters. The van der Waals surface area contributed by atoms with Gasteiger partial charge in [-0.2, -0.15) is 0 Å². The molecule has 0 amide bonds. The molecule has 0 radical (unpaired) electrons. The predicted octanol–water partition coefficient (Wildman–Crippen LogP) is 6.03. The van der Waals surface area contributed by atoms with Gasteiger partial charge in [0.05, 0.1) is 0 Å². The number of hydrogen-bond donors (Lipinski definition) is 2. The minimum Gasteiger partial charge on any atom is -0.384 e. The van der Waals surface area contributed by atoms with Crippen molar-refractivity contribution in [1.29, 1.82) is 0 Å². The first-order chi connectivity index (χ1) is 13.2. The Labute approximate surface area is 167 Å². The van der Waals surface area contributed by atoms with E-state index in [1.807, 2.05) is 12.2 Å².